The summed E-state index contributed by atoms with van der Waals surface area (Å²) in [6, 6.07) is 0. The van der Waals surface area contributed by atoms with Crippen molar-refractivity contribution in [1.29, 1.82) is 0 Å². The first-order valence-electron chi connectivity index (χ1n) is 8.91. The number of carbonyl (C=O) groups is 1. The molecule has 6 N–H and O–H groups in total. The van der Waals surface area contributed by atoms with E-state index in [4.69, 9.17) is 9.47 Å². The summed E-state index contributed by atoms with van der Waals surface area (Å²) in [5, 5.41) is 60.4. The van der Waals surface area contributed by atoms with E-state index in [1.807, 2.05) is 13.8 Å². The van der Waals surface area contributed by atoms with Gasteiger partial charge in [0, 0.05) is 0 Å². The van der Waals surface area contributed by atoms with Crippen LogP contribution in [-0.2, 0) is 14.3 Å². The molecule has 0 aromatic carbocycles. The van der Waals surface area contributed by atoms with Gasteiger partial charge in [-0.05, 0) is 30.6 Å². The summed E-state index contributed by atoms with van der Waals surface area (Å²) >= 11 is 0. The summed E-state index contributed by atoms with van der Waals surface area (Å²) in [6.07, 6.45) is -4.01. The maximum atomic E-state index is 12.5. The fourth-order valence-electron chi connectivity index (χ4n) is 3.18. The lowest BCUT2D eigenvalue weighted by atomic mass is 9.74. The average molecular weight is 388 g/mol. The molecule has 9 nitrogen and oxygen atoms in total. The molecule has 0 spiro atoms. The molecule has 0 aromatic rings. The number of rotatable bonds is 6. The smallest absolute Gasteiger partial charge is 0.316 e. The van der Waals surface area contributed by atoms with E-state index in [9.17, 15) is 35.4 Å². The Balaban J connectivity index is 2.27. The highest BCUT2D eigenvalue weighted by atomic mass is 16.6. The second-order valence-electron chi connectivity index (χ2n) is 7.39. The zero-order chi connectivity index (χ0) is 20.4. The van der Waals surface area contributed by atoms with Gasteiger partial charge in [0.25, 0.3) is 0 Å². The highest BCUT2D eigenvalue weighted by Crippen LogP contribution is 2.38. The van der Waals surface area contributed by atoms with Crippen molar-refractivity contribution in [3.05, 3.63) is 24.0 Å². The van der Waals surface area contributed by atoms with E-state index < -0.39 is 54.6 Å². The number of esters is 1. The van der Waals surface area contributed by atoms with E-state index in [0.717, 1.165) is 18.2 Å². The zero-order valence-corrected chi connectivity index (χ0v) is 15.3. The van der Waals surface area contributed by atoms with E-state index >= 15 is 0 Å². The summed E-state index contributed by atoms with van der Waals surface area (Å²) in [4.78, 5) is 12.5. The van der Waals surface area contributed by atoms with Crippen LogP contribution in [0.1, 0.15) is 20.3 Å². The molecular formula is C18H28O9. The van der Waals surface area contributed by atoms with Crippen LogP contribution in [0, 0.1) is 11.8 Å². The molecule has 1 heterocycles. The van der Waals surface area contributed by atoms with Gasteiger partial charge in [-0.2, -0.15) is 0 Å². The Labute approximate surface area is 157 Å². The molecule has 1 fully saturated rings. The van der Waals surface area contributed by atoms with Gasteiger partial charge in [0.1, 0.15) is 47.8 Å². The van der Waals surface area contributed by atoms with Crippen molar-refractivity contribution in [2.45, 2.75) is 56.4 Å². The fraction of sp³-hybridized carbons (Fsp3) is 0.722. The second kappa shape index (κ2) is 8.68. The fourth-order valence-corrected chi connectivity index (χ4v) is 3.18. The lowest BCUT2D eigenvalue weighted by molar-refractivity contribution is -0.267. The molecule has 27 heavy (non-hydrogen) atoms. The summed E-state index contributed by atoms with van der Waals surface area (Å²) in [5.41, 5.74) is -2.17. The molecule has 0 bridgehead atoms. The van der Waals surface area contributed by atoms with Gasteiger partial charge in [0.2, 0.25) is 0 Å². The highest BCUT2D eigenvalue weighted by Gasteiger charge is 2.56. The predicted octanol–water partition coefficient (Wildman–Crippen LogP) is -1.22. The molecule has 0 amide bonds. The molecule has 2 rings (SSSR count). The molecule has 1 saturated heterocycles. The molecular weight excluding hydrogens is 360 g/mol. The van der Waals surface area contributed by atoms with E-state index in [0.29, 0.717) is 6.42 Å². The van der Waals surface area contributed by atoms with Crippen LogP contribution >= 0.6 is 0 Å². The molecule has 0 saturated carbocycles. The SMILES string of the molecule is CC(C)CCOC(=O)C1C=C(O)C=CC1(O)[C@@H]1O[C@H](CO)[C@@H](O)[C@H](O)[C@H]1O. The molecule has 2 aliphatic rings. The summed E-state index contributed by atoms with van der Waals surface area (Å²) in [5.74, 6) is -2.26. The molecule has 1 aliphatic carbocycles. The highest BCUT2D eigenvalue weighted by molar-refractivity contribution is 5.77. The minimum atomic E-state index is -2.17. The number of hydrogen-bond acceptors (Lipinski definition) is 9. The van der Waals surface area contributed by atoms with Crippen molar-refractivity contribution in [2.24, 2.45) is 11.8 Å². The van der Waals surface area contributed by atoms with Crippen molar-refractivity contribution < 1.29 is 44.9 Å². The van der Waals surface area contributed by atoms with Crippen molar-refractivity contribution >= 4 is 5.97 Å². The van der Waals surface area contributed by atoms with Crippen LogP contribution in [0.25, 0.3) is 0 Å². The van der Waals surface area contributed by atoms with E-state index in [2.05, 4.69) is 0 Å². The summed E-state index contributed by atoms with van der Waals surface area (Å²) in [7, 11) is 0. The Kier molecular flexibility index (Phi) is 7.01. The van der Waals surface area contributed by atoms with Crippen LogP contribution in [-0.4, -0.2) is 85.9 Å². The van der Waals surface area contributed by atoms with Crippen LogP contribution < -0.4 is 0 Å². The van der Waals surface area contributed by atoms with Gasteiger partial charge in [-0.15, -0.1) is 0 Å². The van der Waals surface area contributed by atoms with E-state index in [1.165, 1.54) is 0 Å². The first kappa shape index (κ1) is 21.8. The number of aliphatic hydroxyl groups excluding tert-OH is 5. The van der Waals surface area contributed by atoms with Crippen molar-refractivity contribution in [3.8, 4) is 0 Å². The molecule has 2 unspecified atom stereocenters. The lowest BCUT2D eigenvalue weighted by Crippen LogP contribution is -2.67. The molecule has 0 aromatic heterocycles. The Morgan fingerprint density at radius 2 is 1.93 bits per heavy atom. The van der Waals surface area contributed by atoms with Gasteiger partial charge in [0.05, 0.1) is 13.2 Å². The third-order valence-electron chi connectivity index (χ3n) is 4.90. The Morgan fingerprint density at radius 3 is 2.52 bits per heavy atom. The van der Waals surface area contributed by atoms with Crippen LogP contribution in [0.4, 0.5) is 0 Å². The average Bonchev–Trinajstić information content (AvgIpc) is 2.61. The summed E-state index contributed by atoms with van der Waals surface area (Å²) in [6.45, 7) is 3.34. The third-order valence-corrected chi connectivity index (χ3v) is 4.90. The van der Waals surface area contributed by atoms with Crippen LogP contribution in [0.15, 0.2) is 24.0 Å². The van der Waals surface area contributed by atoms with Crippen molar-refractivity contribution in [3.63, 3.8) is 0 Å². The second-order valence-corrected chi connectivity index (χ2v) is 7.39. The summed E-state index contributed by atoms with van der Waals surface area (Å²) < 4.78 is 10.6. The van der Waals surface area contributed by atoms with Crippen LogP contribution in [0.5, 0.6) is 0 Å². The maximum absolute atomic E-state index is 12.5. The Bertz CT molecular complexity index is 585. The van der Waals surface area contributed by atoms with Gasteiger partial charge in [-0.25, -0.2) is 0 Å². The Hall–Kier alpha value is -1.49. The van der Waals surface area contributed by atoms with Crippen molar-refractivity contribution in [1.82, 2.24) is 0 Å². The lowest BCUT2D eigenvalue weighted by Gasteiger charge is -2.47. The number of ether oxygens (including phenoxy) is 2. The first-order valence-corrected chi connectivity index (χ1v) is 8.91. The van der Waals surface area contributed by atoms with Gasteiger partial charge < -0.3 is 40.1 Å². The third kappa shape index (κ3) is 4.50. The topological polar surface area (TPSA) is 157 Å². The van der Waals surface area contributed by atoms with E-state index in [-0.39, 0.29) is 18.3 Å². The number of carbonyl (C=O) groups excluding carboxylic acids is 1. The van der Waals surface area contributed by atoms with Gasteiger partial charge in [-0.1, -0.05) is 13.8 Å². The molecule has 0 radical (unpaired) electrons. The molecule has 9 heteroatoms. The minimum Gasteiger partial charge on any atom is -0.508 e. The molecule has 1 aliphatic heterocycles. The van der Waals surface area contributed by atoms with Gasteiger partial charge >= 0.3 is 5.97 Å². The number of hydrogen-bond donors (Lipinski definition) is 6. The molecule has 7 atom stereocenters. The normalized spacial score (nSPS) is 39.3. The van der Waals surface area contributed by atoms with Crippen LogP contribution in [0.3, 0.4) is 0 Å². The van der Waals surface area contributed by atoms with Gasteiger partial charge in [0.15, 0.2) is 0 Å². The van der Waals surface area contributed by atoms with Crippen molar-refractivity contribution in [2.75, 3.05) is 13.2 Å². The van der Waals surface area contributed by atoms with E-state index in [1.54, 1.807) is 0 Å². The van der Waals surface area contributed by atoms with Gasteiger partial charge in [-0.3, -0.25) is 4.79 Å². The number of aliphatic hydroxyl groups is 6. The largest absolute Gasteiger partial charge is 0.508 e. The quantitative estimate of drug-likeness (QED) is 0.307. The standard InChI is InChI=1S/C18H28O9/c1-9(2)4-6-26-17(24)11-7-10(20)3-5-18(11,25)16-15(23)14(22)13(21)12(8-19)27-16/h3,5,7,9,11-16,19-23,25H,4,6,8H2,1-2H3/t11?,12-,13-,14+,15-,16-,18?/m1/s1. The van der Waals surface area contributed by atoms with Crippen LogP contribution in [0.2, 0.25) is 0 Å². The monoisotopic (exact) mass is 388 g/mol. The number of allylic oxidation sites excluding steroid dienone is 1. The molecule has 154 valence electrons. The minimum absolute atomic E-state index is 0.107. The maximum Gasteiger partial charge on any atom is 0.316 e. The zero-order valence-electron chi connectivity index (χ0n) is 15.3. The Morgan fingerprint density at radius 1 is 1.26 bits per heavy atom. The predicted molar refractivity (Wildman–Crippen MR) is 92.5 cm³/mol. The first-order chi connectivity index (χ1) is 12.6.